The summed E-state index contributed by atoms with van der Waals surface area (Å²) >= 11 is 0. The van der Waals surface area contributed by atoms with Crippen LogP contribution < -0.4 is 0 Å². The number of unbranched alkanes of at least 4 members (excludes halogenated alkanes) is 5. The van der Waals surface area contributed by atoms with E-state index >= 15 is 0 Å². The average molecular weight is 330 g/mol. The Bertz CT molecular complexity index is 511. The highest BCUT2D eigenvalue weighted by atomic mass is 32.2. The lowest BCUT2D eigenvalue weighted by Gasteiger charge is -2.10. The van der Waals surface area contributed by atoms with Crippen LogP contribution in [0, 0.1) is 6.92 Å². The first-order chi connectivity index (χ1) is 10.5. The molecular formula is C17H27FO3S. The monoisotopic (exact) mass is 330 g/mol. The minimum atomic E-state index is -3.85. The summed E-state index contributed by atoms with van der Waals surface area (Å²) in [5, 5.41) is 0. The second-order valence-corrected chi connectivity index (χ2v) is 7.32. The maximum atomic E-state index is 13.7. The maximum absolute atomic E-state index is 13.7. The zero-order chi connectivity index (χ0) is 16.4. The first-order valence-corrected chi connectivity index (χ1v) is 9.46. The number of aryl methyl sites for hydroxylation is 1. The Kier molecular flexibility index (Phi) is 8.64. The van der Waals surface area contributed by atoms with Gasteiger partial charge in [0, 0.05) is 0 Å². The third-order valence-corrected chi connectivity index (χ3v) is 4.88. The van der Waals surface area contributed by atoms with Gasteiger partial charge in [-0.1, -0.05) is 63.1 Å². The van der Waals surface area contributed by atoms with Crippen molar-refractivity contribution in [1.29, 1.82) is 0 Å². The number of hydrogen-bond acceptors (Lipinski definition) is 3. The lowest BCUT2D eigenvalue weighted by molar-refractivity contribution is 0.188. The van der Waals surface area contributed by atoms with Crippen molar-refractivity contribution in [2.75, 3.05) is 6.61 Å². The van der Waals surface area contributed by atoms with E-state index in [1.807, 2.05) is 6.92 Å². The molecule has 0 aliphatic carbocycles. The lowest BCUT2D eigenvalue weighted by Crippen LogP contribution is -2.15. The van der Waals surface area contributed by atoms with Gasteiger partial charge in [-0.25, -0.2) is 4.39 Å². The van der Waals surface area contributed by atoms with Gasteiger partial charge in [-0.15, -0.1) is 0 Å². The Balaban J connectivity index is 2.28. The van der Waals surface area contributed by atoms with Crippen LogP contribution in [0.15, 0.2) is 29.2 Å². The van der Waals surface area contributed by atoms with Gasteiger partial charge in [0.2, 0.25) is 0 Å². The summed E-state index contributed by atoms with van der Waals surface area (Å²) in [6.07, 6.45) is 5.60. The fourth-order valence-corrected chi connectivity index (χ4v) is 3.10. The summed E-state index contributed by atoms with van der Waals surface area (Å²) in [6, 6.07) is 6.34. The normalized spacial score (nSPS) is 13.2. The Morgan fingerprint density at radius 2 is 1.64 bits per heavy atom. The van der Waals surface area contributed by atoms with Gasteiger partial charge >= 0.3 is 0 Å². The summed E-state index contributed by atoms with van der Waals surface area (Å²) < 4.78 is 42.3. The van der Waals surface area contributed by atoms with Crippen molar-refractivity contribution in [3.05, 3.63) is 29.8 Å². The van der Waals surface area contributed by atoms with E-state index in [0.717, 1.165) is 24.8 Å². The second-order valence-electron chi connectivity index (χ2n) is 5.71. The minimum absolute atomic E-state index is 0.0739. The Morgan fingerprint density at radius 3 is 2.27 bits per heavy atom. The summed E-state index contributed by atoms with van der Waals surface area (Å²) in [6.45, 7) is 3.63. The molecule has 0 saturated carbocycles. The largest absolute Gasteiger partial charge is 0.297 e. The fraction of sp³-hybridized carbons (Fsp3) is 0.647. The van der Waals surface area contributed by atoms with Crippen molar-refractivity contribution < 1.29 is 17.0 Å². The van der Waals surface area contributed by atoms with Crippen molar-refractivity contribution in [3.63, 3.8) is 0 Å². The van der Waals surface area contributed by atoms with E-state index in [-0.39, 0.29) is 4.90 Å². The fourth-order valence-electron chi connectivity index (χ4n) is 2.17. The molecule has 0 aliphatic rings. The van der Waals surface area contributed by atoms with Gasteiger partial charge in [0.25, 0.3) is 10.1 Å². The molecule has 0 unspecified atom stereocenters. The van der Waals surface area contributed by atoms with Crippen LogP contribution in [0.2, 0.25) is 0 Å². The average Bonchev–Trinajstić information content (AvgIpc) is 2.49. The lowest BCUT2D eigenvalue weighted by atomic mass is 10.1. The molecule has 0 aliphatic heterocycles. The molecule has 0 fully saturated rings. The number of hydrogen-bond donors (Lipinski definition) is 0. The topological polar surface area (TPSA) is 43.4 Å². The van der Waals surface area contributed by atoms with E-state index in [9.17, 15) is 12.8 Å². The molecule has 0 amide bonds. The zero-order valence-electron chi connectivity index (χ0n) is 13.6. The van der Waals surface area contributed by atoms with Crippen LogP contribution in [-0.2, 0) is 14.3 Å². The van der Waals surface area contributed by atoms with Gasteiger partial charge < -0.3 is 0 Å². The van der Waals surface area contributed by atoms with E-state index < -0.39 is 22.9 Å². The van der Waals surface area contributed by atoms with Crippen LogP contribution in [0.5, 0.6) is 0 Å². The van der Waals surface area contributed by atoms with Crippen molar-refractivity contribution in [2.45, 2.75) is 69.9 Å². The van der Waals surface area contributed by atoms with E-state index in [0.29, 0.717) is 6.42 Å². The number of rotatable bonds is 11. The van der Waals surface area contributed by atoms with Gasteiger partial charge in [0.15, 0.2) is 0 Å². The van der Waals surface area contributed by atoms with Crippen LogP contribution in [0.1, 0.15) is 57.4 Å². The molecular weight excluding hydrogens is 303 g/mol. The van der Waals surface area contributed by atoms with Gasteiger partial charge in [-0.05, 0) is 25.5 Å². The number of alkyl halides is 1. The molecule has 0 bridgehead atoms. The standard InChI is InChI=1S/C17H27FO3S/c1-3-4-5-6-7-8-9-16(18)14-21-22(19,20)17-12-10-15(2)11-13-17/h10-13,16H,3-9,14H2,1-2H3/t16-/m1/s1. The molecule has 126 valence electrons. The molecule has 1 aromatic rings. The Hall–Kier alpha value is -0.940. The predicted octanol–water partition coefficient (Wildman–Crippen LogP) is 4.79. The first kappa shape index (κ1) is 19.1. The summed E-state index contributed by atoms with van der Waals surface area (Å²) in [5.41, 5.74) is 0.963. The van der Waals surface area contributed by atoms with Crippen LogP contribution in [0.3, 0.4) is 0 Å². The highest BCUT2D eigenvalue weighted by molar-refractivity contribution is 7.86. The van der Waals surface area contributed by atoms with Gasteiger partial charge in [0.1, 0.15) is 6.17 Å². The molecule has 0 spiro atoms. The SMILES string of the molecule is CCCCCCCC[C@@H](F)COS(=O)(=O)c1ccc(C)cc1. The van der Waals surface area contributed by atoms with E-state index in [1.54, 1.807) is 12.1 Å². The summed E-state index contributed by atoms with van der Waals surface area (Å²) in [5.74, 6) is 0. The highest BCUT2D eigenvalue weighted by Crippen LogP contribution is 2.16. The summed E-state index contributed by atoms with van der Waals surface area (Å²) in [7, 11) is -3.85. The number of halogens is 1. The molecule has 1 rings (SSSR count). The molecule has 3 nitrogen and oxygen atoms in total. The molecule has 5 heteroatoms. The quantitative estimate of drug-likeness (QED) is 0.433. The Labute approximate surface area is 134 Å². The highest BCUT2D eigenvalue weighted by Gasteiger charge is 2.17. The smallest absolute Gasteiger partial charge is 0.263 e. The number of benzene rings is 1. The van der Waals surface area contributed by atoms with Crippen molar-refractivity contribution >= 4 is 10.1 Å². The summed E-state index contributed by atoms with van der Waals surface area (Å²) in [4.78, 5) is 0.0739. The third kappa shape index (κ3) is 7.36. The van der Waals surface area contributed by atoms with Crippen molar-refractivity contribution in [1.82, 2.24) is 0 Å². The van der Waals surface area contributed by atoms with E-state index in [4.69, 9.17) is 4.18 Å². The van der Waals surface area contributed by atoms with Crippen LogP contribution >= 0.6 is 0 Å². The van der Waals surface area contributed by atoms with Gasteiger partial charge in [-0.2, -0.15) is 8.42 Å². The van der Waals surface area contributed by atoms with Crippen LogP contribution in [-0.4, -0.2) is 21.2 Å². The Morgan fingerprint density at radius 1 is 1.05 bits per heavy atom. The molecule has 1 aromatic carbocycles. The third-order valence-electron chi connectivity index (χ3n) is 3.58. The van der Waals surface area contributed by atoms with E-state index in [2.05, 4.69) is 6.92 Å². The van der Waals surface area contributed by atoms with Gasteiger partial charge in [-0.3, -0.25) is 4.18 Å². The molecule has 0 saturated heterocycles. The molecule has 0 aromatic heterocycles. The van der Waals surface area contributed by atoms with Gasteiger partial charge in [0.05, 0.1) is 11.5 Å². The molecule has 0 heterocycles. The van der Waals surface area contributed by atoms with Crippen LogP contribution in [0.25, 0.3) is 0 Å². The maximum Gasteiger partial charge on any atom is 0.297 e. The molecule has 0 N–H and O–H groups in total. The second kappa shape index (κ2) is 9.95. The predicted molar refractivity (Wildman–Crippen MR) is 87.2 cm³/mol. The molecule has 22 heavy (non-hydrogen) atoms. The van der Waals surface area contributed by atoms with Crippen molar-refractivity contribution in [2.24, 2.45) is 0 Å². The van der Waals surface area contributed by atoms with E-state index in [1.165, 1.54) is 31.4 Å². The van der Waals surface area contributed by atoms with Crippen LogP contribution in [0.4, 0.5) is 4.39 Å². The molecule has 0 radical (unpaired) electrons. The van der Waals surface area contributed by atoms with Crippen molar-refractivity contribution in [3.8, 4) is 0 Å². The minimum Gasteiger partial charge on any atom is -0.263 e. The molecule has 1 atom stereocenters. The first-order valence-electron chi connectivity index (χ1n) is 8.06. The zero-order valence-corrected chi connectivity index (χ0v) is 14.4.